The number of benzene rings is 1. The van der Waals surface area contributed by atoms with Gasteiger partial charge in [0, 0.05) is 14.4 Å². The Labute approximate surface area is 137 Å². The molecular formula is C12H7BrClFO4S2. The van der Waals surface area contributed by atoms with Gasteiger partial charge in [0.2, 0.25) is 0 Å². The smallest absolute Gasteiger partial charge is 0.338 e. The van der Waals surface area contributed by atoms with Crippen LogP contribution in [0.5, 0.6) is 0 Å². The number of carboxylic acids is 1. The zero-order chi connectivity index (χ0) is 15.8. The van der Waals surface area contributed by atoms with E-state index in [1.807, 2.05) is 0 Å². The first-order valence-electron chi connectivity index (χ1n) is 5.39. The second-order valence-corrected chi connectivity index (χ2v) is 8.27. The molecule has 2 rings (SSSR count). The molecule has 1 N–H and O–H groups in total. The van der Waals surface area contributed by atoms with Crippen LogP contribution in [0.1, 0.15) is 15.2 Å². The molecule has 1 heterocycles. The molecule has 0 saturated heterocycles. The number of thiophene rings is 1. The SMILES string of the molecule is O=C(O)c1cc(Cl)cc(S(=O)(=O)Cc2sccc2Br)c1F. The molecular weight excluding hydrogens is 407 g/mol. The molecule has 0 fully saturated rings. The number of hydrogen-bond donors (Lipinski definition) is 1. The van der Waals surface area contributed by atoms with Crippen molar-refractivity contribution in [3.8, 4) is 0 Å². The van der Waals surface area contributed by atoms with E-state index in [4.69, 9.17) is 16.7 Å². The van der Waals surface area contributed by atoms with Gasteiger partial charge in [0.1, 0.15) is 4.90 Å². The van der Waals surface area contributed by atoms with E-state index in [0.29, 0.717) is 9.35 Å². The van der Waals surface area contributed by atoms with Crippen molar-refractivity contribution in [2.45, 2.75) is 10.6 Å². The fourth-order valence-electron chi connectivity index (χ4n) is 1.62. The third kappa shape index (κ3) is 3.45. The number of halogens is 3. The lowest BCUT2D eigenvalue weighted by Crippen LogP contribution is -2.11. The Morgan fingerprint density at radius 3 is 2.62 bits per heavy atom. The summed E-state index contributed by atoms with van der Waals surface area (Å²) in [6.45, 7) is 0. The van der Waals surface area contributed by atoms with Crippen LogP contribution in [0.15, 0.2) is 32.9 Å². The summed E-state index contributed by atoms with van der Waals surface area (Å²) in [5.41, 5.74) is -0.772. The lowest BCUT2D eigenvalue weighted by atomic mass is 10.2. The first-order valence-corrected chi connectivity index (χ1v) is 9.09. The van der Waals surface area contributed by atoms with Gasteiger partial charge < -0.3 is 5.11 Å². The average molecular weight is 414 g/mol. The summed E-state index contributed by atoms with van der Waals surface area (Å²) in [4.78, 5) is 10.7. The first kappa shape index (κ1) is 16.4. The van der Waals surface area contributed by atoms with Gasteiger partial charge in [-0.15, -0.1) is 11.3 Å². The lowest BCUT2D eigenvalue weighted by molar-refractivity contribution is 0.0691. The van der Waals surface area contributed by atoms with E-state index in [-0.39, 0.29) is 5.02 Å². The number of hydrogen-bond acceptors (Lipinski definition) is 4. The van der Waals surface area contributed by atoms with Crippen molar-refractivity contribution in [3.05, 3.63) is 49.3 Å². The van der Waals surface area contributed by atoms with E-state index in [0.717, 1.165) is 12.1 Å². The highest BCUT2D eigenvalue weighted by Gasteiger charge is 2.26. The Kier molecular flexibility index (Phi) is 4.72. The van der Waals surface area contributed by atoms with Crippen molar-refractivity contribution >= 4 is 54.7 Å². The van der Waals surface area contributed by atoms with Crippen molar-refractivity contribution in [1.29, 1.82) is 0 Å². The van der Waals surface area contributed by atoms with Crippen LogP contribution in [0.25, 0.3) is 0 Å². The monoisotopic (exact) mass is 412 g/mol. The molecule has 0 aliphatic heterocycles. The molecule has 0 atom stereocenters. The van der Waals surface area contributed by atoms with Gasteiger partial charge in [-0.3, -0.25) is 0 Å². The van der Waals surface area contributed by atoms with Crippen LogP contribution in [0.4, 0.5) is 4.39 Å². The number of carboxylic acid groups (broad SMARTS) is 1. The molecule has 9 heteroatoms. The maximum Gasteiger partial charge on any atom is 0.338 e. The summed E-state index contributed by atoms with van der Waals surface area (Å²) in [5, 5.41) is 10.4. The predicted molar refractivity (Wildman–Crippen MR) is 81.3 cm³/mol. The fourth-order valence-corrected chi connectivity index (χ4v) is 5.45. The molecule has 112 valence electrons. The Balaban J connectivity index is 2.55. The van der Waals surface area contributed by atoms with Crippen molar-refractivity contribution < 1.29 is 22.7 Å². The summed E-state index contributed by atoms with van der Waals surface area (Å²) < 4.78 is 39.3. The Bertz CT molecular complexity index is 817. The van der Waals surface area contributed by atoms with E-state index in [2.05, 4.69) is 15.9 Å². The molecule has 4 nitrogen and oxygen atoms in total. The highest BCUT2D eigenvalue weighted by molar-refractivity contribution is 9.10. The normalized spacial score (nSPS) is 11.6. The van der Waals surface area contributed by atoms with Gasteiger partial charge in [0.25, 0.3) is 0 Å². The average Bonchev–Trinajstić information content (AvgIpc) is 2.76. The molecule has 0 spiro atoms. The largest absolute Gasteiger partial charge is 0.478 e. The summed E-state index contributed by atoms with van der Waals surface area (Å²) in [6, 6.07) is 3.46. The number of aromatic carboxylic acids is 1. The maximum atomic E-state index is 14.1. The standard InChI is InChI=1S/C12H7BrClFO4S2/c13-8-1-2-20-9(8)5-21(18,19)10-4-6(14)3-7(11(10)15)12(16)17/h1-4H,5H2,(H,16,17). The summed E-state index contributed by atoms with van der Waals surface area (Å²) in [7, 11) is -4.06. The molecule has 1 aromatic carbocycles. The number of rotatable bonds is 4. The molecule has 0 aliphatic rings. The second kappa shape index (κ2) is 6.04. The molecule has 0 saturated carbocycles. The molecule has 0 radical (unpaired) electrons. The Morgan fingerprint density at radius 2 is 2.10 bits per heavy atom. The highest BCUT2D eigenvalue weighted by Crippen LogP contribution is 2.30. The van der Waals surface area contributed by atoms with Gasteiger partial charge >= 0.3 is 5.97 Å². The molecule has 0 aliphatic carbocycles. The lowest BCUT2D eigenvalue weighted by Gasteiger charge is -2.08. The molecule has 0 bridgehead atoms. The second-order valence-electron chi connectivity index (χ2n) is 4.02. The minimum Gasteiger partial charge on any atom is -0.478 e. The molecule has 2 aromatic rings. The van der Waals surface area contributed by atoms with Gasteiger partial charge in [0.05, 0.1) is 11.3 Å². The Hall–Kier alpha value is -0.960. The molecule has 21 heavy (non-hydrogen) atoms. The maximum absolute atomic E-state index is 14.1. The van der Waals surface area contributed by atoms with Crippen molar-refractivity contribution in [2.75, 3.05) is 0 Å². The van der Waals surface area contributed by atoms with Crippen molar-refractivity contribution in [1.82, 2.24) is 0 Å². The van der Waals surface area contributed by atoms with Crippen LogP contribution in [0, 0.1) is 5.82 Å². The highest BCUT2D eigenvalue weighted by atomic mass is 79.9. The van der Waals surface area contributed by atoms with Crippen LogP contribution in [-0.4, -0.2) is 19.5 Å². The third-order valence-electron chi connectivity index (χ3n) is 2.58. The number of carbonyl (C=O) groups is 1. The topological polar surface area (TPSA) is 71.4 Å². The molecule has 0 amide bonds. The van der Waals surface area contributed by atoms with Crippen LogP contribution in [-0.2, 0) is 15.6 Å². The third-order valence-corrected chi connectivity index (χ3v) is 6.54. The van der Waals surface area contributed by atoms with Gasteiger partial charge in [-0.2, -0.15) is 0 Å². The van der Waals surface area contributed by atoms with Crippen molar-refractivity contribution in [3.63, 3.8) is 0 Å². The molecule has 0 unspecified atom stereocenters. The first-order chi connectivity index (χ1) is 9.72. The zero-order valence-electron chi connectivity index (χ0n) is 10.1. The van der Waals surface area contributed by atoms with E-state index >= 15 is 0 Å². The van der Waals surface area contributed by atoms with Crippen molar-refractivity contribution in [2.24, 2.45) is 0 Å². The molecule has 1 aromatic heterocycles. The van der Waals surface area contributed by atoms with E-state index in [1.54, 1.807) is 11.4 Å². The zero-order valence-corrected chi connectivity index (χ0v) is 14.1. The quantitative estimate of drug-likeness (QED) is 0.823. The summed E-state index contributed by atoms with van der Waals surface area (Å²) in [6.07, 6.45) is 0. The number of sulfone groups is 1. The minimum atomic E-state index is -4.06. The fraction of sp³-hybridized carbons (Fsp3) is 0.0833. The summed E-state index contributed by atoms with van der Waals surface area (Å²) >= 11 is 10.1. The van der Waals surface area contributed by atoms with Crippen LogP contribution < -0.4 is 0 Å². The van der Waals surface area contributed by atoms with Gasteiger partial charge in [-0.1, -0.05) is 11.6 Å². The van der Waals surface area contributed by atoms with Crippen LogP contribution in [0.3, 0.4) is 0 Å². The van der Waals surface area contributed by atoms with Gasteiger partial charge in [-0.25, -0.2) is 17.6 Å². The predicted octanol–water partition coefficient (Wildman–Crippen LogP) is 3.98. The Morgan fingerprint density at radius 1 is 1.43 bits per heavy atom. The van der Waals surface area contributed by atoms with Crippen LogP contribution >= 0.6 is 38.9 Å². The van der Waals surface area contributed by atoms with E-state index < -0.39 is 37.8 Å². The minimum absolute atomic E-state index is 0.155. The van der Waals surface area contributed by atoms with Gasteiger partial charge in [-0.05, 0) is 39.5 Å². The summed E-state index contributed by atoms with van der Waals surface area (Å²) in [5.74, 6) is -3.33. The van der Waals surface area contributed by atoms with Gasteiger partial charge in [0.15, 0.2) is 15.7 Å². The van der Waals surface area contributed by atoms with E-state index in [9.17, 15) is 17.6 Å². The van der Waals surface area contributed by atoms with E-state index in [1.165, 1.54) is 11.3 Å². The van der Waals surface area contributed by atoms with Crippen LogP contribution in [0.2, 0.25) is 5.02 Å².